The Morgan fingerprint density at radius 2 is 1.68 bits per heavy atom. The molecule has 2 aromatic rings. The third kappa shape index (κ3) is 5.10. The van der Waals surface area contributed by atoms with Gasteiger partial charge in [0.15, 0.2) is 11.5 Å². The molecular weight excluding hydrogens is 368 g/mol. The Balaban J connectivity index is 2.41. The third-order valence-corrected chi connectivity index (χ3v) is 3.43. The fraction of sp³-hybridized carbons (Fsp3) is 0.150. The molecule has 0 bridgehead atoms. The zero-order valence-electron chi connectivity index (χ0n) is 15.4. The van der Waals surface area contributed by atoms with Crippen LogP contribution in [0.25, 0.3) is 6.08 Å². The summed E-state index contributed by atoms with van der Waals surface area (Å²) in [4.78, 5) is 34.9. The maximum absolute atomic E-state index is 12.1. The van der Waals surface area contributed by atoms with Crippen molar-refractivity contribution >= 4 is 24.0 Å². The van der Waals surface area contributed by atoms with Gasteiger partial charge in [-0.05, 0) is 35.9 Å². The minimum absolute atomic E-state index is 0.124. The highest BCUT2D eigenvalue weighted by Crippen LogP contribution is 2.32. The van der Waals surface area contributed by atoms with Gasteiger partial charge < -0.3 is 24.1 Å². The summed E-state index contributed by atoms with van der Waals surface area (Å²) in [6.45, 7) is 1.27. The number of rotatable bonds is 6. The van der Waals surface area contributed by atoms with Gasteiger partial charge in [0, 0.05) is 6.92 Å². The summed E-state index contributed by atoms with van der Waals surface area (Å²) in [5, 5.41) is 10.2. The maximum atomic E-state index is 12.1. The van der Waals surface area contributed by atoms with Gasteiger partial charge in [-0.25, -0.2) is 9.59 Å². The molecule has 0 atom stereocenters. The van der Waals surface area contributed by atoms with E-state index in [1.165, 1.54) is 51.5 Å². The average Bonchev–Trinajstić information content (AvgIpc) is 2.67. The molecule has 0 aromatic heterocycles. The van der Waals surface area contributed by atoms with Gasteiger partial charge in [-0.2, -0.15) is 0 Å². The first-order chi connectivity index (χ1) is 13.3. The molecule has 2 rings (SSSR count). The van der Waals surface area contributed by atoms with Crippen LogP contribution in [0.4, 0.5) is 0 Å². The van der Waals surface area contributed by atoms with Crippen LogP contribution >= 0.6 is 0 Å². The lowest BCUT2D eigenvalue weighted by atomic mass is 10.1. The van der Waals surface area contributed by atoms with Crippen LogP contribution < -0.4 is 9.47 Å². The first kappa shape index (κ1) is 20.5. The summed E-state index contributed by atoms with van der Waals surface area (Å²) in [5.41, 5.74) is 0.351. The van der Waals surface area contributed by atoms with Gasteiger partial charge in [-0.15, -0.1) is 0 Å². The van der Waals surface area contributed by atoms with Crippen LogP contribution in [0.3, 0.4) is 0 Å². The van der Waals surface area contributed by atoms with Gasteiger partial charge >= 0.3 is 17.9 Å². The Kier molecular flexibility index (Phi) is 6.75. The molecule has 0 unspecified atom stereocenters. The number of methoxy groups -OCH3 is 2. The van der Waals surface area contributed by atoms with Crippen LogP contribution in [-0.2, 0) is 19.1 Å². The number of ether oxygens (including phenoxy) is 4. The number of hydrogen-bond donors (Lipinski definition) is 1. The van der Waals surface area contributed by atoms with Gasteiger partial charge in [0.1, 0.15) is 11.3 Å². The zero-order valence-corrected chi connectivity index (χ0v) is 15.4. The summed E-state index contributed by atoms with van der Waals surface area (Å²) < 4.78 is 19.8. The summed E-state index contributed by atoms with van der Waals surface area (Å²) in [6, 6.07) is 10.5. The Morgan fingerprint density at radius 1 is 0.964 bits per heavy atom. The summed E-state index contributed by atoms with van der Waals surface area (Å²) in [7, 11) is 2.34. The first-order valence-electron chi connectivity index (χ1n) is 8.02. The number of benzene rings is 2. The van der Waals surface area contributed by atoms with Crippen molar-refractivity contribution in [2.45, 2.75) is 6.92 Å². The number of phenols is 1. The van der Waals surface area contributed by atoms with Gasteiger partial charge in [0.05, 0.1) is 14.2 Å². The SMILES string of the molecule is COC(=O)/C(=C/c1cccc(OC(C)=O)c1)Oc1cccc(C(=O)OC)c1O. The molecule has 1 N–H and O–H groups in total. The first-order valence-corrected chi connectivity index (χ1v) is 8.02. The van der Waals surface area contributed by atoms with E-state index in [9.17, 15) is 19.5 Å². The number of esters is 3. The third-order valence-electron chi connectivity index (χ3n) is 3.43. The van der Waals surface area contributed by atoms with Gasteiger partial charge in [0.2, 0.25) is 5.76 Å². The minimum Gasteiger partial charge on any atom is -0.504 e. The lowest BCUT2D eigenvalue weighted by Crippen LogP contribution is -2.11. The van der Waals surface area contributed by atoms with E-state index in [-0.39, 0.29) is 22.8 Å². The highest BCUT2D eigenvalue weighted by Gasteiger charge is 2.19. The molecule has 146 valence electrons. The molecule has 0 fully saturated rings. The Morgan fingerprint density at radius 3 is 2.32 bits per heavy atom. The van der Waals surface area contributed by atoms with E-state index in [2.05, 4.69) is 4.74 Å². The molecule has 0 saturated heterocycles. The number of phenolic OH excluding ortho intramolecular Hbond substituents is 1. The van der Waals surface area contributed by atoms with E-state index in [0.717, 1.165) is 0 Å². The number of aromatic hydroxyl groups is 1. The molecule has 0 saturated carbocycles. The van der Waals surface area contributed by atoms with Crippen molar-refractivity contribution in [2.24, 2.45) is 0 Å². The predicted octanol–water partition coefficient (Wildman–Crippen LogP) is 2.70. The molecule has 2 aromatic carbocycles. The van der Waals surface area contributed by atoms with E-state index in [1.807, 2.05) is 0 Å². The Labute approximate surface area is 160 Å². The number of hydrogen-bond acceptors (Lipinski definition) is 8. The highest BCUT2D eigenvalue weighted by molar-refractivity contribution is 5.94. The largest absolute Gasteiger partial charge is 0.504 e. The summed E-state index contributed by atoms with van der Waals surface area (Å²) >= 11 is 0. The molecular formula is C20H18O8. The molecule has 0 aliphatic carbocycles. The molecule has 0 heterocycles. The second-order valence-electron chi connectivity index (χ2n) is 5.41. The fourth-order valence-electron chi connectivity index (χ4n) is 2.21. The molecule has 0 aliphatic rings. The van der Waals surface area contributed by atoms with Crippen molar-refractivity contribution in [3.8, 4) is 17.2 Å². The number of carbonyl (C=O) groups excluding carboxylic acids is 3. The van der Waals surface area contributed by atoms with Crippen molar-refractivity contribution in [2.75, 3.05) is 14.2 Å². The second-order valence-corrected chi connectivity index (χ2v) is 5.41. The smallest absolute Gasteiger partial charge is 0.373 e. The van der Waals surface area contributed by atoms with Crippen LogP contribution in [-0.4, -0.2) is 37.2 Å². The van der Waals surface area contributed by atoms with Crippen molar-refractivity contribution in [3.63, 3.8) is 0 Å². The van der Waals surface area contributed by atoms with E-state index in [0.29, 0.717) is 5.56 Å². The summed E-state index contributed by atoms with van der Waals surface area (Å²) in [6.07, 6.45) is 1.34. The van der Waals surface area contributed by atoms with Crippen molar-refractivity contribution in [1.29, 1.82) is 0 Å². The van der Waals surface area contributed by atoms with Crippen LogP contribution in [0, 0.1) is 0 Å². The standard InChI is InChI=1S/C20H18O8/c1-12(21)27-14-7-4-6-13(10-14)11-17(20(24)26-3)28-16-9-5-8-15(18(16)22)19(23)25-2/h4-11,22H,1-3H3/b17-11-. The quantitative estimate of drug-likeness (QED) is 0.349. The lowest BCUT2D eigenvalue weighted by Gasteiger charge is -2.12. The van der Waals surface area contributed by atoms with Crippen LogP contribution in [0.15, 0.2) is 48.2 Å². The zero-order chi connectivity index (χ0) is 20.7. The monoisotopic (exact) mass is 386 g/mol. The van der Waals surface area contributed by atoms with E-state index in [4.69, 9.17) is 14.2 Å². The molecule has 0 aliphatic heterocycles. The van der Waals surface area contributed by atoms with E-state index in [1.54, 1.807) is 18.2 Å². The second kappa shape index (κ2) is 9.22. The van der Waals surface area contributed by atoms with Crippen LogP contribution in [0.5, 0.6) is 17.2 Å². The number of para-hydroxylation sites is 1. The molecule has 0 spiro atoms. The molecule has 28 heavy (non-hydrogen) atoms. The topological polar surface area (TPSA) is 108 Å². The van der Waals surface area contributed by atoms with Crippen LogP contribution in [0.1, 0.15) is 22.8 Å². The normalized spacial score (nSPS) is 10.8. The molecule has 0 amide bonds. The minimum atomic E-state index is -0.819. The van der Waals surface area contributed by atoms with Gasteiger partial charge in [-0.3, -0.25) is 4.79 Å². The van der Waals surface area contributed by atoms with Gasteiger partial charge in [-0.1, -0.05) is 18.2 Å². The Hall–Kier alpha value is -3.81. The predicted molar refractivity (Wildman–Crippen MR) is 97.8 cm³/mol. The molecule has 0 radical (unpaired) electrons. The average molecular weight is 386 g/mol. The molecule has 8 heteroatoms. The molecule has 8 nitrogen and oxygen atoms in total. The van der Waals surface area contributed by atoms with Crippen molar-refractivity contribution in [3.05, 3.63) is 59.4 Å². The lowest BCUT2D eigenvalue weighted by molar-refractivity contribution is -0.138. The van der Waals surface area contributed by atoms with E-state index < -0.39 is 23.7 Å². The number of carbonyl (C=O) groups is 3. The van der Waals surface area contributed by atoms with Crippen molar-refractivity contribution in [1.82, 2.24) is 0 Å². The van der Waals surface area contributed by atoms with Crippen LogP contribution in [0.2, 0.25) is 0 Å². The van der Waals surface area contributed by atoms with E-state index >= 15 is 0 Å². The van der Waals surface area contributed by atoms with Gasteiger partial charge in [0.25, 0.3) is 0 Å². The summed E-state index contributed by atoms with van der Waals surface area (Å²) in [5.74, 6) is -2.69. The Bertz CT molecular complexity index is 930. The fourth-order valence-corrected chi connectivity index (χ4v) is 2.21. The maximum Gasteiger partial charge on any atom is 0.373 e. The highest BCUT2D eigenvalue weighted by atomic mass is 16.6. The van der Waals surface area contributed by atoms with Crippen molar-refractivity contribution < 1.29 is 38.4 Å².